The van der Waals surface area contributed by atoms with Crippen molar-refractivity contribution in [1.82, 2.24) is 14.2 Å². The first-order valence-corrected chi connectivity index (χ1v) is 8.66. The first kappa shape index (κ1) is 14.9. The van der Waals surface area contributed by atoms with Gasteiger partial charge in [-0.3, -0.25) is 4.40 Å². The summed E-state index contributed by atoms with van der Waals surface area (Å²) in [5, 5.41) is 4.33. The van der Waals surface area contributed by atoms with Gasteiger partial charge in [0.05, 0.1) is 6.54 Å². The maximum Gasteiger partial charge on any atom is 0.350 e. The van der Waals surface area contributed by atoms with Crippen LogP contribution in [0.3, 0.4) is 0 Å². The van der Waals surface area contributed by atoms with Crippen LogP contribution in [0.1, 0.15) is 12.0 Å². The Morgan fingerprint density at radius 1 is 1.00 bits per heavy atom. The second-order valence-corrected chi connectivity index (χ2v) is 6.36. The molecule has 114 valence electrons. The molecule has 0 saturated carbocycles. The van der Waals surface area contributed by atoms with Gasteiger partial charge in [0.2, 0.25) is 0 Å². The highest BCUT2D eigenvalue weighted by Crippen LogP contribution is 2.08. The molecule has 0 N–H and O–H groups in total. The molecule has 0 aliphatic rings. The van der Waals surface area contributed by atoms with Gasteiger partial charge in [-0.2, -0.15) is 11.8 Å². The van der Waals surface area contributed by atoms with E-state index < -0.39 is 0 Å². The summed E-state index contributed by atoms with van der Waals surface area (Å²) in [5.41, 5.74) is 2.04. The van der Waals surface area contributed by atoms with Gasteiger partial charge in [0.1, 0.15) is 0 Å². The van der Waals surface area contributed by atoms with Crippen LogP contribution in [-0.2, 0) is 13.0 Å². The zero-order chi connectivity index (χ0) is 15.2. The summed E-state index contributed by atoms with van der Waals surface area (Å²) in [7, 11) is 0. The highest BCUT2D eigenvalue weighted by Gasteiger charge is 2.04. The molecule has 0 aliphatic heterocycles. The number of pyridine rings is 1. The lowest BCUT2D eigenvalue weighted by Crippen LogP contribution is -2.22. The van der Waals surface area contributed by atoms with Crippen molar-refractivity contribution in [3.63, 3.8) is 0 Å². The monoisotopic (exact) mass is 313 g/mol. The normalized spacial score (nSPS) is 11.1. The summed E-state index contributed by atoms with van der Waals surface area (Å²) in [4.78, 5) is 12.1. The van der Waals surface area contributed by atoms with Crippen LogP contribution in [0.2, 0.25) is 0 Å². The fourth-order valence-electron chi connectivity index (χ4n) is 2.39. The maximum atomic E-state index is 12.1. The Kier molecular flexibility index (Phi) is 4.96. The van der Waals surface area contributed by atoms with Crippen LogP contribution in [0.25, 0.3) is 5.65 Å². The largest absolute Gasteiger partial charge is 0.350 e. The average Bonchev–Trinajstić information content (AvgIpc) is 2.88. The van der Waals surface area contributed by atoms with Crippen LogP contribution in [-0.4, -0.2) is 25.7 Å². The predicted octanol–water partition coefficient (Wildman–Crippen LogP) is 2.86. The summed E-state index contributed by atoms with van der Waals surface area (Å²) in [5.74, 6) is 2.02. The summed E-state index contributed by atoms with van der Waals surface area (Å²) < 4.78 is 3.14. The van der Waals surface area contributed by atoms with Crippen molar-refractivity contribution in [2.24, 2.45) is 0 Å². The zero-order valence-corrected chi connectivity index (χ0v) is 13.2. The third-order valence-corrected chi connectivity index (χ3v) is 4.58. The van der Waals surface area contributed by atoms with Crippen molar-refractivity contribution in [3.05, 3.63) is 70.8 Å². The summed E-state index contributed by atoms with van der Waals surface area (Å²) in [6.07, 6.45) is 4.03. The highest BCUT2D eigenvalue weighted by molar-refractivity contribution is 7.99. The maximum absolute atomic E-state index is 12.1. The van der Waals surface area contributed by atoms with Crippen molar-refractivity contribution in [3.8, 4) is 0 Å². The van der Waals surface area contributed by atoms with Crippen LogP contribution in [0.5, 0.6) is 0 Å². The van der Waals surface area contributed by atoms with Gasteiger partial charge in [-0.1, -0.05) is 36.4 Å². The van der Waals surface area contributed by atoms with E-state index in [1.807, 2.05) is 36.0 Å². The summed E-state index contributed by atoms with van der Waals surface area (Å²) >= 11 is 1.88. The molecule has 1 aromatic carbocycles. The van der Waals surface area contributed by atoms with Crippen molar-refractivity contribution in [2.45, 2.75) is 19.4 Å². The lowest BCUT2D eigenvalue weighted by molar-refractivity contribution is 0.639. The third kappa shape index (κ3) is 3.60. The first-order valence-electron chi connectivity index (χ1n) is 7.50. The van der Waals surface area contributed by atoms with E-state index in [9.17, 15) is 4.79 Å². The van der Waals surface area contributed by atoms with Crippen LogP contribution < -0.4 is 5.69 Å². The molecule has 3 aromatic rings. The van der Waals surface area contributed by atoms with Gasteiger partial charge in [-0.15, -0.1) is 5.10 Å². The minimum atomic E-state index is -0.0551. The molecule has 2 aromatic heterocycles. The standard InChI is InChI=1S/C17H19N3OS/c21-17-19-11-5-4-10-16(19)18-20(17)12-14-22-13-6-9-15-7-2-1-3-8-15/h1-5,7-8,10-11H,6,9,12-14H2. The lowest BCUT2D eigenvalue weighted by atomic mass is 10.1. The van der Waals surface area contributed by atoms with Gasteiger partial charge in [0.25, 0.3) is 0 Å². The predicted molar refractivity (Wildman–Crippen MR) is 91.5 cm³/mol. The Morgan fingerprint density at radius 2 is 1.82 bits per heavy atom. The molecule has 2 heterocycles. The molecule has 0 fully saturated rings. The molecule has 0 spiro atoms. The molecule has 0 saturated heterocycles. The van der Waals surface area contributed by atoms with E-state index in [0.29, 0.717) is 12.2 Å². The number of nitrogens with zero attached hydrogens (tertiary/aromatic N) is 3. The smallest absolute Gasteiger partial charge is 0.250 e. The van der Waals surface area contributed by atoms with Gasteiger partial charge >= 0.3 is 5.69 Å². The number of aromatic nitrogens is 3. The molecule has 22 heavy (non-hydrogen) atoms. The number of benzene rings is 1. The van der Waals surface area contributed by atoms with Gasteiger partial charge in [-0.05, 0) is 36.3 Å². The number of hydrogen-bond donors (Lipinski definition) is 0. The molecule has 0 aliphatic carbocycles. The average molecular weight is 313 g/mol. The number of fused-ring (bicyclic) bond motifs is 1. The van der Waals surface area contributed by atoms with Crippen LogP contribution >= 0.6 is 11.8 Å². The van der Waals surface area contributed by atoms with Crippen molar-refractivity contribution < 1.29 is 0 Å². The first-order chi connectivity index (χ1) is 10.8. The molecule has 3 rings (SSSR count). The molecular formula is C17H19N3OS. The second kappa shape index (κ2) is 7.31. The molecule has 5 heteroatoms. The van der Waals surface area contributed by atoms with E-state index in [-0.39, 0.29) is 5.69 Å². The molecule has 4 nitrogen and oxygen atoms in total. The Balaban J connectivity index is 1.43. The minimum absolute atomic E-state index is 0.0551. The van der Waals surface area contributed by atoms with Crippen LogP contribution in [0.15, 0.2) is 59.5 Å². The van der Waals surface area contributed by atoms with Crippen molar-refractivity contribution >= 4 is 17.4 Å². The van der Waals surface area contributed by atoms with Crippen LogP contribution in [0.4, 0.5) is 0 Å². The molecule has 0 bridgehead atoms. The Bertz CT molecular complexity index is 779. The SMILES string of the molecule is O=c1n(CCSCCCc2ccccc2)nc2ccccn12. The van der Waals surface area contributed by atoms with E-state index >= 15 is 0 Å². The Morgan fingerprint density at radius 3 is 2.64 bits per heavy atom. The minimum Gasteiger partial charge on any atom is -0.250 e. The molecule has 0 amide bonds. The summed E-state index contributed by atoms with van der Waals surface area (Å²) in [6.45, 7) is 0.663. The van der Waals surface area contributed by atoms with Crippen molar-refractivity contribution in [2.75, 3.05) is 11.5 Å². The molecular weight excluding hydrogens is 294 g/mol. The molecule has 0 atom stereocenters. The number of rotatable bonds is 7. The van der Waals surface area contributed by atoms with Crippen LogP contribution in [0, 0.1) is 0 Å². The van der Waals surface area contributed by atoms with E-state index in [4.69, 9.17) is 0 Å². The number of hydrogen-bond acceptors (Lipinski definition) is 3. The fourth-order valence-corrected chi connectivity index (χ4v) is 3.24. The topological polar surface area (TPSA) is 39.3 Å². The lowest BCUT2D eigenvalue weighted by Gasteiger charge is -2.02. The van der Waals surface area contributed by atoms with Gasteiger partial charge in [0.15, 0.2) is 5.65 Å². The van der Waals surface area contributed by atoms with E-state index in [1.54, 1.807) is 15.3 Å². The van der Waals surface area contributed by atoms with Gasteiger partial charge in [0, 0.05) is 11.9 Å². The third-order valence-electron chi connectivity index (χ3n) is 3.53. The fraction of sp³-hybridized carbons (Fsp3) is 0.294. The zero-order valence-electron chi connectivity index (χ0n) is 12.4. The van der Waals surface area contributed by atoms with Crippen molar-refractivity contribution in [1.29, 1.82) is 0 Å². The summed E-state index contributed by atoms with van der Waals surface area (Å²) in [6, 6.07) is 16.1. The number of aryl methyl sites for hydroxylation is 2. The second-order valence-electron chi connectivity index (χ2n) is 5.14. The Labute approximate surface area is 133 Å². The van der Waals surface area contributed by atoms with Gasteiger partial charge in [-0.25, -0.2) is 9.48 Å². The van der Waals surface area contributed by atoms with E-state index in [0.717, 1.165) is 24.3 Å². The van der Waals surface area contributed by atoms with Gasteiger partial charge < -0.3 is 0 Å². The number of thioether (sulfide) groups is 1. The Hall–Kier alpha value is -2.01. The highest BCUT2D eigenvalue weighted by atomic mass is 32.2. The van der Waals surface area contributed by atoms with E-state index in [1.165, 1.54) is 5.56 Å². The molecule has 0 radical (unpaired) electrons. The quantitative estimate of drug-likeness (QED) is 0.630. The van der Waals surface area contributed by atoms with E-state index in [2.05, 4.69) is 29.4 Å². The molecule has 0 unspecified atom stereocenters.